The molecule has 2 rings (SSSR count). The molecule has 0 aliphatic carbocycles. The van der Waals surface area contributed by atoms with Crippen molar-refractivity contribution >= 4 is 51.4 Å². The highest BCUT2D eigenvalue weighted by molar-refractivity contribution is 7.16. The van der Waals surface area contributed by atoms with E-state index < -0.39 is 11.9 Å². The maximum atomic E-state index is 12.4. The highest BCUT2D eigenvalue weighted by Gasteiger charge is 2.23. The summed E-state index contributed by atoms with van der Waals surface area (Å²) in [5, 5.41) is 3.60. The number of carbonyl (C=O) groups is 2. The van der Waals surface area contributed by atoms with Crippen LogP contribution in [0.4, 0.5) is 5.00 Å². The van der Waals surface area contributed by atoms with E-state index in [-0.39, 0.29) is 15.6 Å². The van der Waals surface area contributed by atoms with Gasteiger partial charge >= 0.3 is 5.97 Å². The number of amides is 1. The molecule has 0 unspecified atom stereocenters. The van der Waals surface area contributed by atoms with Crippen molar-refractivity contribution in [3.63, 3.8) is 0 Å². The van der Waals surface area contributed by atoms with Crippen molar-refractivity contribution in [1.82, 2.24) is 0 Å². The number of esters is 1. The molecule has 4 nitrogen and oxygen atoms in total. The zero-order valence-electron chi connectivity index (χ0n) is 12.1. The van der Waals surface area contributed by atoms with Gasteiger partial charge in [-0.1, -0.05) is 29.3 Å². The SMILES string of the molecule is COC(=O)c1c(NC(=O)c2c(Cl)cccc2Cl)sc(C)c1C. The molecule has 0 fully saturated rings. The summed E-state index contributed by atoms with van der Waals surface area (Å²) in [4.78, 5) is 25.2. The lowest BCUT2D eigenvalue weighted by Gasteiger charge is -2.08. The van der Waals surface area contributed by atoms with E-state index in [1.54, 1.807) is 25.1 Å². The molecule has 0 aliphatic heterocycles. The predicted octanol–water partition coefficient (Wildman–Crippen LogP) is 4.71. The van der Waals surface area contributed by atoms with Crippen molar-refractivity contribution in [3.8, 4) is 0 Å². The van der Waals surface area contributed by atoms with Gasteiger partial charge in [-0.05, 0) is 31.5 Å². The number of aryl methyl sites for hydroxylation is 1. The predicted molar refractivity (Wildman–Crippen MR) is 89.5 cm³/mol. The highest BCUT2D eigenvalue weighted by atomic mass is 35.5. The average molecular weight is 358 g/mol. The van der Waals surface area contributed by atoms with Gasteiger partial charge in [0.15, 0.2) is 0 Å². The maximum Gasteiger partial charge on any atom is 0.341 e. The largest absolute Gasteiger partial charge is 0.465 e. The lowest BCUT2D eigenvalue weighted by atomic mass is 10.1. The lowest BCUT2D eigenvalue weighted by Crippen LogP contribution is -2.15. The minimum atomic E-state index is -0.498. The van der Waals surface area contributed by atoms with Gasteiger partial charge in [0.05, 0.1) is 28.3 Å². The number of nitrogens with one attached hydrogen (secondary N) is 1. The van der Waals surface area contributed by atoms with Crippen molar-refractivity contribution in [2.45, 2.75) is 13.8 Å². The number of rotatable bonds is 3. The van der Waals surface area contributed by atoms with Crippen LogP contribution in [0.15, 0.2) is 18.2 Å². The van der Waals surface area contributed by atoms with Crippen LogP contribution in [0.25, 0.3) is 0 Å². The third-order valence-electron chi connectivity index (χ3n) is 3.19. The molecule has 0 atom stereocenters. The Morgan fingerprint density at radius 2 is 1.73 bits per heavy atom. The van der Waals surface area contributed by atoms with E-state index in [1.807, 2.05) is 6.92 Å². The van der Waals surface area contributed by atoms with E-state index in [0.29, 0.717) is 10.6 Å². The molecule has 0 spiro atoms. The van der Waals surface area contributed by atoms with Crippen LogP contribution in [-0.2, 0) is 4.74 Å². The van der Waals surface area contributed by atoms with Gasteiger partial charge in [0.1, 0.15) is 5.00 Å². The summed E-state index contributed by atoms with van der Waals surface area (Å²) in [6.07, 6.45) is 0. The minimum Gasteiger partial charge on any atom is -0.465 e. The number of ether oxygens (including phenoxy) is 1. The Morgan fingerprint density at radius 3 is 2.27 bits per heavy atom. The van der Waals surface area contributed by atoms with E-state index in [4.69, 9.17) is 27.9 Å². The topological polar surface area (TPSA) is 55.4 Å². The van der Waals surface area contributed by atoms with Crippen LogP contribution in [-0.4, -0.2) is 19.0 Å². The van der Waals surface area contributed by atoms with Crippen LogP contribution < -0.4 is 5.32 Å². The molecule has 0 radical (unpaired) electrons. The monoisotopic (exact) mass is 357 g/mol. The van der Waals surface area contributed by atoms with Gasteiger partial charge in [0.25, 0.3) is 5.91 Å². The molecule has 0 saturated carbocycles. The van der Waals surface area contributed by atoms with Crippen molar-refractivity contribution in [1.29, 1.82) is 0 Å². The lowest BCUT2D eigenvalue weighted by molar-refractivity contribution is 0.0601. The summed E-state index contributed by atoms with van der Waals surface area (Å²) in [6.45, 7) is 3.67. The summed E-state index contributed by atoms with van der Waals surface area (Å²) >= 11 is 13.3. The summed E-state index contributed by atoms with van der Waals surface area (Å²) in [6, 6.07) is 4.81. The first-order valence-corrected chi connectivity index (χ1v) is 7.87. The normalized spacial score (nSPS) is 10.4. The molecule has 1 N–H and O–H groups in total. The molecule has 7 heteroatoms. The Morgan fingerprint density at radius 1 is 1.14 bits per heavy atom. The second-order valence-corrected chi connectivity index (χ2v) is 6.57. The average Bonchev–Trinajstić information content (AvgIpc) is 2.72. The Labute approximate surface area is 142 Å². The summed E-state index contributed by atoms with van der Waals surface area (Å²) in [5.74, 6) is -0.968. The van der Waals surface area contributed by atoms with Crippen molar-refractivity contribution in [2.24, 2.45) is 0 Å². The Bertz CT molecular complexity index is 735. The third-order valence-corrected chi connectivity index (χ3v) is 4.94. The number of hydrogen-bond acceptors (Lipinski definition) is 4. The van der Waals surface area contributed by atoms with Gasteiger partial charge in [-0.25, -0.2) is 4.79 Å². The quantitative estimate of drug-likeness (QED) is 0.809. The summed E-state index contributed by atoms with van der Waals surface area (Å²) in [7, 11) is 1.30. The maximum absolute atomic E-state index is 12.4. The van der Waals surface area contributed by atoms with Crippen molar-refractivity contribution in [2.75, 3.05) is 12.4 Å². The highest BCUT2D eigenvalue weighted by Crippen LogP contribution is 2.34. The second kappa shape index (κ2) is 6.69. The van der Waals surface area contributed by atoms with Gasteiger partial charge in [0, 0.05) is 4.88 Å². The Hall–Kier alpha value is -1.56. The molecule has 1 aromatic carbocycles. The first-order chi connectivity index (χ1) is 10.4. The number of thiophene rings is 1. The van der Waals surface area contributed by atoms with E-state index >= 15 is 0 Å². The number of methoxy groups -OCH3 is 1. The standard InChI is InChI=1S/C15H13Cl2NO3S/c1-7-8(2)22-14(11(7)15(20)21-3)18-13(19)12-9(16)5-4-6-10(12)17/h4-6H,1-3H3,(H,18,19). The molecule has 116 valence electrons. The summed E-state index contributed by atoms with van der Waals surface area (Å²) < 4.78 is 4.77. The van der Waals surface area contributed by atoms with Crippen LogP contribution in [0.5, 0.6) is 0 Å². The molecular formula is C15H13Cl2NO3S. The van der Waals surface area contributed by atoms with Gasteiger partial charge < -0.3 is 10.1 Å². The van der Waals surface area contributed by atoms with Crippen LogP contribution in [0, 0.1) is 13.8 Å². The van der Waals surface area contributed by atoms with Gasteiger partial charge in [0.2, 0.25) is 0 Å². The van der Waals surface area contributed by atoms with Gasteiger partial charge in [-0.15, -0.1) is 11.3 Å². The number of hydrogen-bond donors (Lipinski definition) is 1. The van der Waals surface area contributed by atoms with Gasteiger partial charge in [-0.3, -0.25) is 4.79 Å². The zero-order chi connectivity index (χ0) is 16.4. The van der Waals surface area contributed by atoms with Crippen molar-refractivity contribution in [3.05, 3.63) is 49.8 Å². The molecule has 1 aromatic heterocycles. The Balaban J connectivity index is 2.41. The van der Waals surface area contributed by atoms with Crippen LogP contribution in [0.1, 0.15) is 31.2 Å². The van der Waals surface area contributed by atoms with Crippen molar-refractivity contribution < 1.29 is 14.3 Å². The molecular weight excluding hydrogens is 345 g/mol. The second-order valence-electron chi connectivity index (χ2n) is 4.53. The van der Waals surface area contributed by atoms with Crippen LogP contribution in [0.2, 0.25) is 10.0 Å². The third kappa shape index (κ3) is 3.11. The van der Waals surface area contributed by atoms with E-state index in [2.05, 4.69) is 5.32 Å². The molecule has 22 heavy (non-hydrogen) atoms. The molecule has 1 amide bonds. The molecule has 0 bridgehead atoms. The fourth-order valence-corrected chi connectivity index (χ4v) is 3.56. The van der Waals surface area contributed by atoms with E-state index in [1.165, 1.54) is 18.4 Å². The fraction of sp³-hybridized carbons (Fsp3) is 0.200. The van der Waals surface area contributed by atoms with Crippen LogP contribution >= 0.6 is 34.5 Å². The first-order valence-electron chi connectivity index (χ1n) is 6.30. The number of carbonyl (C=O) groups excluding carboxylic acids is 2. The molecule has 0 saturated heterocycles. The fourth-order valence-electron chi connectivity index (χ4n) is 1.94. The Kier molecular flexibility index (Phi) is 5.11. The number of benzene rings is 1. The zero-order valence-corrected chi connectivity index (χ0v) is 14.4. The first kappa shape index (κ1) is 16.8. The smallest absolute Gasteiger partial charge is 0.341 e. The summed E-state index contributed by atoms with van der Waals surface area (Å²) in [5.41, 5.74) is 1.30. The number of halogens is 2. The van der Waals surface area contributed by atoms with Gasteiger partial charge in [-0.2, -0.15) is 0 Å². The molecule has 1 heterocycles. The molecule has 2 aromatic rings. The molecule has 0 aliphatic rings. The van der Waals surface area contributed by atoms with E-state index in [0.717, 1.165) is 10.4 Å². The van der Waals surface area contributed by atoms with Crippen LogP contribution in [0.3, 0.4) is 0 Å². The van der Waals surface area contributed by atoms with E-state index in [9.17, 15) is 9.59 Å². The minimum absolute atomic E-state index is 0.172. The number of anilines is 1.